The van der Waals surface area contributed by atoms with E-state index < -0.39 is 0 Å². The number of ketones is 2. The summed E-state index contributed by atoms with van der Waals surface area (Å²) in [5, 5.41) is 9.95. The average molecular weight is 316 g/mol. The molecule has 3 nitrogen and oxygen atoms in total. The second-order valence-corrected chi connectivity index (χ2v) is 8.49. The first-order valence-corrected chi connectivity index (χ1v) is 8.90. The summed E-state index contributed by atoms with van der Waals surface area (Å²) < 4.78 is 0. The molecule has 0 radical (unpaired) electrons. The lowest BCUT2D eigenvalue weighted by atomic mass is 9.48. The Bertz CT molecular complexity index is 625. The fourth-order valence-corrected chi connectivity index (χ4v) is 5.40. The van der Waals surface area contributed by atoms with E-state index in [4.69, 9.17) is 0 Å². The third kappa shape index (κ3) is 2.27. The molecule has 1 fully saturated rings. The quantitative estimate of drug-likeness (QED) is 0.625. The third-order valence-corrected chi connectivity index (χ3v) is 6.66. The summed E-state index contributed by atoms with van der Waals surface area (Å²) in [6, 6.07) is 0. The fraction of sp³-hybridized carbons (Fsp3) is 0.700. The number of aliphatic hydroxyl groups is 1. The van der Waals surface area contributed by atoms with Gasteiger partial charge in [0.1, 0.15) is 0 Å². The molecule has 0 heterocycles. The normalized spacial score (nSPS) is 37.7. The van der Waals surface area contributed by atoms with E-state index in [1.54, 1.807) is 0 Å². The number of fused-ring (bicyclic) bond motifs is 2. The van der Waals surface area contributed by atoms with E-state index in [2.05, 4.69) is 13.8 Å². The maximum absolute atomic E-state index is 12.9. The van der Waals surface area contributed by atoms with Gasteiger partial charge < -0.3 is 5.11 Å². The molecule has 3 rings (SSSR count). The first kappa shape index (κ1) is 16.6. The maximum atomic E-state index is 12.9. The summed E-state index contributed by atoms with van der Waals surface area (Å²) in [7, 11) is 0. The zero-order valence-corrected chi connectivity index (χ0v) is 14.7. The molecule has 3 aliphatic rings. The zero-order chi connectivity index (χ0) is 17.0. The van der Waals surface area contributed by atoms with Gasteiger partial charge in [0.15, 0.2) is 0 Å². The predicted molar refractivity (Wildman–Crippen MR) is 89.8 cm³/mol. The van der Waals surface area contributed by atoms with Crippen LogP contribution >= 0.6 is 0 Å². The van der Waals surface area contributed by atoms with E-state index in [1.165, 1.54) is 0 Å². The van der Waals surface area contributed by atoms with Gasteiger partial charge in [-0.05, 0) is 48.5 Å². The molecule has 0 spiro atoms. The SMILES string of the molecule is CC(C)C1=CC2=C(C(=O)C1=O)[C@@]1(C)CCC[C@@](C)(CO)C1CC2. The molecule has 0 aromatic heterocycles. The third-order valence-electron chi connectivity index (χ3n) is 6.66. The van der Waals surface area contributed by atoms with Gasteiger partial charge in [-0.3, -0.25) is 9.59 Å². The molecule has 0 amide bonds. The van der Waals surface area contributed by atoms with Gasteiger partial charge >= 0.3 is 0 Å². The number of aliphatic hydroxyl groups excluding tert-OH is 1. The van der Waals surface area contributed by atoms with E-state index >= 15 is 0 Å². The minimum Gasteiger partial charge on any atom is -0.396 e. The van der Waals surface area contributed by atoms with E-state index in [0.29, 0.717) is 5.57 Å². The minimum atomic E-state index is -0.308. The van der Waals surface area contributed by atoms with Gasteiger partial charge in [-0.25, -0.2) is 0 Å². The summed E-state index contributed by atoms with van der Waals surface area (Å²) in [5.41, 5.74) is 2.10. The molecule has 0 saturated heterocycles. The molecule has 1 N–H and O–H groups in total. The summed E-state index contributed by atoms with van der Waals surface area (Å²) in [6.45, 7) is 8.40. The van der Waals surface area contributed by atoms with Gasteiger partial charge in [0.2, 0.25) is 11.6 Å². The van der Waals surface area contributed by atoms with Crippen LogP contribution in [0.4, 0.5) is 0 Å². The highest BCUT2D eigenvalue weighted by Crippen LogP contribution is 2.60. The van der Waals surface area contributed by atoms with Gasteiger partial charge in [0.25, 0.3) is 0 Å². The number of carbonyl (C=O) groups is 2. The van der Waals surface area contributed by atoms with Crippen molar-refractivity contribution in [1.82, 2.24) is 0 Å². The first-order valence-electron chi connectivity index (χ1n) is 8.90. The Morgan fingerprint density at radius 3 is 2.52 bits per heavy atom. The molecule has 3 atom stereocenters. The molecule has 3 heteroatoms. The largest absolute Gasteiger partial charge is 0.396 e. The van der Waals surface area contributed by atoms with Crippen LogP contribution in [-0.4, -0.2) is 23.3 Å². The van der Waals surface area contributed by atoms with Crippen molar-refractivity contribution in [3.8, 4) is 0 Å². The van der Waals surface area contributed by atoms with E-state index in [9.17, 15) is 14.7 Å². The lowest BCUT2D eigenvalue weighted by molar-refractivity contribution is -0.134. The molecule has 0 bridgehead atoms. The van der Waals surface area contributed by atoms with E-state index in [-0.39, 0.29) is 40.8 Å². The fourth-order valence-electron chi connectivity index (χ4n) is 5.40. The highest BCUT2D eigenvalue weighted by Gasteiger charge is 2.55. The molecule has 0 aliphatic heterocycles. The van der Waals surface area contributed by atoms with Crippen molar-refractivity contribution < 1.29 is 14.7 Å². The number of rotatable bonds is 2. The van der Waals surface area contributed by atoms with Crippen molar-refractivity contribution in [2.75, 3.05) is 6.61 Å². The van der Waals surface area contributed by atoms with Gasteiger partial charge in [0.05, 0.1) is 0 Å². The Balaban J connectivity index is 2.13. The van der Waals surface area contributed by atoms with Crippen LogP contribution in [0.15, 0.2) is 22.8 Å². The Kier molecular flexibility index (Phi) is 3.91. The van der Waals surface area contributed by atoms with Crippen LogP contribution in [-0.2, 0) is 9.59 Å². The Morgan fingerprint density at radius 2 is 1.91 bits per heavy atom. The Morgan fingerprint density at radius 1 is 1.22 bits per heavy atom. The molecule has 1 unspecified atom stereocenters. The van der Waals surface area contributed by atoms with Crippen LogP contribution in [0.1, 0.15) is 59.8 Å². The van der Waals surface area contributed by atoms with E-state index in [1.807, 2.05) is 19.9 Å². The lowest BCUT2D eigenvalue weighted by Gasteiger charge is -2.55. The van der Waals surface area contributed by atoms with Crippen LogP contribution in [0.25, 0.3) is 0 Å². The van der Waals surface area contributed by atoms with Crippen LogP contribution in [0.5, 0.6) is 0 Å². The van der Waals surface area contributed by atoms with Crippen molar-refractivity contribution in [2.45, 2.75) is 59.8 Å². The van der Waals surface area contributed by atoms with E-state index in [0.717, 1.165) is 43.3 Å². The van der Waals surface area contributed by atoms with Crippen molar-refractivity contribution >= 4 is 11.6 Å². The number of allylic oxidation sites excluding steroid dienone is 4. The molecular formula is C20H28O3. The van der Waals surface area contributed by atoms with Crippen LogP contribution in [0, 0.1) is 22.7 Å². The molecule has 23 heavy (non-hydrogen) atoms. The van der Waals surface area contributed by atoms with Crippen LogP contribution in [0.3, 0.4) is 0 Å². The molecule has 0 aromatic carbocycles. The number of carbonyl (C=O) groups excluding carboxylic acids is 2. The molecular weight excluding hydrogens is 288 g/mol. The molecule has 126 valence electrons. The first-order chi connectivity index (χ1) is 10.7. The summed E-state index contributed by atoms with van der Waals surface area (Å²) in [6.07, 6.45) is 6.78. The minimum absolute atomic E-state index is 0.0834. The zero-order valence-electron chi connectivity index (χ0n) is 14.7. The molecule has 1 saturated carbocycles. The summed E-state index contributed by atoms with van der Waals surface area (Å²) in [4.78, 5) is 25.5. The standard InChI is InChI=1S/C20H28O3/c1-12(2)14-10-13-6-7-15-19(3,11-21)8-5-9-20(15,4)16(13)18(23)17(14)22/h10,12,15,21H,5-9,11H2,1-4H3/t15?,19-,20-/m0/s1. The summed E-state index contributed by atoms with van der Waals surface area (Å²) in [5.74, 6) is -0.226. The highest BCUT2D eigenvalue weighted by atomic mass is 16.3. The van der Waals surface area contributed by atoms with Gasteiger partial charge in [-0.15, -0.1) is 0 Å². The van der Waals surface area contributed by atoms with Crippen molar-refractivity contribution in [1.29, 1.82) is 0 Å². The number of hydrogen-bond acceptors (Lipinski definition) is 3. The summed E-state index contributed by atoms with van der Waals surface area (Å²) >= 11 is 0. The Labute approximate surface area is 138 Å². The van der Waals surface area contributed by atoms with Crippen molar-refractivity contribution in [2.24, 2.45) is 22.7 Å². The molecule has 0 aromatic rings. The second-order valence-electron chi connectivity index (χ2n) is 8.49. The Hall–Kier alpha value is -1.22. The van der Waals surface area contributed by atoms with Crippen molar-refractivity contribution in [3.63, 3.8) is 0 Å². The van der Waals surface area contributed by atoms with Crippen LogP contribution < -0.4 is 0 Å². The molecule has 3 aliphatic carbocycles. The van der Waals surface area contributed by atoms with Gasteiger partial charge in [0, 0.05) is 23.2 Å². The highest BCUT2D eigenvalue weighted by molar-refractivity contribution is 6.50. The predicted octanol–water partition coefficient (Wildman–Crippen LogP) is 3.62. The van der Waals surface area contributed by atoms with Crippen molar-refractivity contribution in [3.05, 3.63) is 22.8 Å². The average Bonchev–Trinajstić information content (AvgIpc) is 2.49. The number of Topliss-reactive ketones (excluding diaryl/α,β-unsaturated/α-hetero) is 2. The van der Waals surface area contributed by atoms with Crippen LogP contribution in [0.2, 0.25) is 0 Å². The smallest absolute Gasteiger partial charge is 0.230 e. The van der Waals surface area contributed by atoms with Gasteiger partial charge in [-0.2, -0.15) is 0 Å². The monoisotopic (exact) mass is 316 g/mol. The second kappa shape index (κ2) is 5.41. The maximum Gasteiger partial charge on any atom is 0.230 e. The number of hydrogen-bond donors (Lipinski definition) is 1. The topological polar surface area (TPSA) is 54.4 Å². The lowest BCUT2D eigenvalue weighted by Crippen LogP contribution is -2.51. The van der Waals surface area contributed by atoms with Gasteiger partial charge in [-0.1, -0.05) is 40.2 Å².